The van der Waals surface area contributed by atoms with Gasteiger partial charge < -0.3 is 34.6 Å². The number of phenols is 1. The molecule has 0 bridgehead atoms. The second kappa shape index (κ2) is 18.4. The van der Waals surface area contributed by atoms with Crippen LogP contribution < -0.4 is 4.74 Å². The maximum atomic E-state index is 13.3. The quantitative estimate of drug-likeness (QED) is 0.0726. The molecule has 0 aliphatic heterocycles. The molecule has 2 saturated carbocycles. The van der Waals surface area contributed by atoms with Crippen molar-refractivity contribution in [2.75, 3.05) is 13.7 Å². The number of aliphatic hydroxyl groups is 3. The molecule has 2 fully saturated rings. The number of ether oxygens (including phenoxy) is 3. The van der Waals surface area contributed by atoms with Gasteiger partial charge in [0, 0.05) is 54.4 Å². The summed E-state index contributed by atoms with van der Waals surface area (Å²) in [6.07, 6.45) is 15.4. The van der Waals surface area contributed by atoms with Crippen LogP contribution in [-0.4, -0.2) is 74.8 Å². The lowest BCUT2D eigenvalue weighted by molar-refractivity contribution is -0.228. The number of rotatable bonds is 16. The molecule has 5 rings (SSSR count). The third-order valence-corrected chi connectivity index (χ3v) is 13.5. The van der Waals surface area contributed by atoms with Gasteiger partial charge in [-0.2, -0.15) is 0 Å². The number of aliphatic hydroxyl groups excluding tert-OH is 1. The van der Waals surface area contributed by atoms with Gasteiger partial charge in [0.05, 0.1) is 19.3 Å². The fourth-order valence-corrected chi connectivity index (χ4v) is 10.4. The van der Waals surface area contributed by atoms with Gasteiger partial charge in [-0.1, -0.05) is 125 Å². The van der Waals surface area contributed by atoms with E-state index < -0.39 is 69.7 Å². The van der Waals surface area contributed by atoms with Gasteiger partial charge in [0.1, 0.15) is 23.2 Å². The standard InChI is InChI=1S/C36H56O8.C11H16O2/c1-7-8-9-10-11-12-13-14-15-16-17-18-29(39)43-32-24(3)35(42)27(30-33(5,6)36(30,32)44-25(4)38)20-26(22-37)21-34(41)28(35)19-23(2)31(34)40;1-11(2,3)9-7-8(13-4)5-6-10(9)12/h19-20,24,27-28,30,32,37,41-42H,7-18,21-22H2,1-6H3;5-7,12H,1-4H3/t24?,27-,28+,30+,32+,34+,35+,36+;/m0./s1. The Morgan fingerprint density at radius 2 is 1.51 bits per heavy atom. The van der Waals surface area contributed by atoms with E-state index in [2.05, 4.69) is 27.7 Å². The molecule has 8 atom stereocenters. The van der Waals surface area contributed by atoms with E-state index in [1.165, 1.54) is 51.9 Å². The average Bonchev–Trinajstić information content (AvgIpc) is 3.56. The van der Waals surface area contributed by atoms with Crippen LogP contribution in [0.3, 0.4) is 0 Å². The van der Waals surface area contributed by atoms with Gasteiger partial charge in [-0.05, 0) is 48.1 Å². The maximum absolute atomic E-state index is 13.3. The van der Waals surface area contributed by atoms with Crippen molar-refractivity contribution in [3.05, 3.63) is 47.1 Å². The van der Waals surface area contributed by atoms with Crippen LogP contribution in [0.5, 0.6) is 11.5 Å². The van der Waals surface area contributed by atoms with Crippen molar-refractivity contribution in [2.24, 2.45) is 29.1 Å². The van der Waals surface area contributed by atoms with Crippen LogP contribution in [-0.2, 0) is 29.3 Å². The van der Waals surface area contributed by atoms with Gasteiger partial charge in [0.15, 0.2) is 11.4 Å². The first kappa shape index (κ1) is 46.5. The van der Waals surface area contributed by atoms with E-state index in [1.54, 1.807) is 45.2 Å². The van der Waals surface area contributed by atoms with E-state index in [1.807, 2.05) is 19.9 Å². The molecular formula is C47H72O10. The Morgan fingerprint density at radius 1 is 0.930 bits per heavy atom. The Bertz CT molecular complexity index is 1650. The normalized spacial score (nSPS) is 31.0. The molecule has 320 valence electrons. The van der Waals surface area contributed by atoms with Gasteiger partial charge in [0.25, 0.3) is 0 Å². The number of Topliss-reactive ketones (excluding diaryl/α,β-unsaturated/α-hetero) is 1. The molecule has 0 radical (unpaired) electrons. The fourth-order valence-electron chi connectivity index (χ4n) is 10.4. The third kappa shape index (κ3) is 9.18. The lowest BCUT2D eigenvalue weighted by atomic mass is 9.59. The minimum absolute atomic E-state index is 0.0569. The predicted molar refractivity (Wildman–Crippen MR) is 221 cm³/mol. The van der Waals surface area contributed by atoms with Gasteiger partial charge >= 0.3 is 11.9 Å². The molecule has 57 heavy (non-hydrogen) atoms. The molecule has 10 heteroatoms. The maximum Gasteiger partial charge on any atom is 0.306 e. The van der Waals surface area contributed by atoms with E-state index in [0.29, 0.717) is 23.3 Å². The molecule has 0 saturated heterocycles. The Kier molecular flexibility index (Phi) is 15.0. The van der Waals surface area contributed by atoms with Crippen molar-refractivity contribution in [1.82, 2.24) is 0 Å². The Balaban J connectivity index is 0.000000469. The van der Waals surface area contributed by atoms with Crippen LogP contribution in [0.1, 0.15) is 151 Å². The second-order valence-corrected chi connectivity index (χ2v) is 18.9. The highest BCUT2D eigenvalue weighted by molar-refractivity contribution is 6.04. The number of carbonyl (C=O) groups excluding carboxylic acids is 3. The number of aromatic hydroxyl groups is 1. The van der Waals surface area contributed by atoms with Crippen LogP contribution in [0.15, 0.2) is 41.5 Å². The molecular weight excluding hydrogens is 725 g/mol. The summed E-state index contributed by atoms with van der Waals surface area (Å²) < 4.78 is 17.4. The molecule has 0 aromatic heterocycles. The van der Waals surface area contributed by atoms with E-state index in [9.17, 15) is 34.8 Å². The molecule has 0 amide bonds. The molecule has 0 spiro atoms. The van der Waals surface area contributed by atoms with Crippen LogP contribution in [0.4, 0.5) is 0 Å². The zero-order valence-corrected chi connectivity index (χ0v) is 36.4. The number of ketones is 1. The summed E-state index contributed by atoms with van der Waals surface area (Å²) in [5, 5.41) is 44.4. The smallest absolute Gasteiger partial charge is 0.306 e. The monoisotopic (exact) mass is 797 g/mol. The van der Waals surface area contributed by atoms with Gasteiger partial charge in [0.2, 0.25) is 0 Å². The van der Waals surface area contributed by atoms with Crippen LogP contribution in [0.25, 0.3) is 0 Å². The zero-order valence-electron chi connectivity index (χ0n) is 36.4. The Hall–Kier alpha value is -3.21. The minimum atomic E-state index is -1.93. The van der Waals surface area contributed by atoms with E-state index in [-0.39, 0.29) is 24.9 Å². The first-order valence-electron chi connectivity index (χ1n) is 21.4. The zero-order chi connectivity index (χ0) is 42.6. The molecule has 0 heterocycles. The molecule has 4 aliphatic rings. The third-order valence-electron chi connectivity index (χ3n) is 13.5. The van der Waals surface area contributed by atoms with Crippen LogP contribution >= 0.6 is 0 Å². The number of unbranched alkanes of at least 4 members (excludes halogenated alkanes) is 10. The Labute approximate surface area is 341 Å². The highest BCUT2D eigenvalue weighted by atomic mass is 16.6. The fraction of sp³-hybridized carbons (Fsp3) is 0.723. The lowest BCUT2D eigenvalue weighted by Crippen LogP contribution is -2.66. The first-order valence-corrected chi connectivity index (χ1v) is 21.4. The largest absolute Gasteiger partial charge is 0.508 e. The molecule has 1 aromatic rings. The SMILES string of the molecule is CCCCCCCCCCCCCC(=O)O[C@@H]1C(C)[C@@]2(O)[C@@H](C=C(CO)C[C@]3(O)C(=O)C(C)=C[C@@H]23)[C@@H]2C(C)(C)[C@]12OC(C)=O.COc1ccc(O)c(C(C)(C)C)c1. The number of hydrogen-bond acceptors (Lipinski definition) is 10. The van der Waals surface area contributed by atoms with Crippen molar-refractivity contribution < 1.29 is 49.0 Å². The summed E-state index contributed by atoms with van der Waals surface area (Å²) in [4.78, 5) is 39.1. The van der Waals surface area contributed by atoms with Crippen LogP contribution in [0.2, 0.25) is 0 Å². The van der Waals surface area contributed by atoms with Crippen LogP contribution in [0, 0.1) is 29.1 Å². The number of fused-ring (bicyclic) bond motifs is 5. The summed E-state index contributed by atoms with van der Waals surface area (Å²) in [6.45, 7) is 16.6. The highest BCUT2D eigenvalue weighted by Crippen LogP contribution is 2.77. The lowest BCUT2D eigenvalue weighted by Gasteiger charge is -2.53. The van der Waals surface area contributed by atoms with Gasteiger partial charge in [-0.3, -0.25) is 14.4 Å². The number of phenolic OH excluding ortho intramolecular Hbond substituents is 1. The molecule has 10 nitrogen and oxygen atoms in total. The summed E-state index contributed by atoms with van der Waals surface area (Å²) >= 11 is 0. The van der Waals surface area contributed by atoms with Gasteiger partial charge in [-0.25, -0.2) is 0 Å². The van der Waals surface area contributed by atoms with E-state index in [4.69, 9.17) is 14.2 Å². The molecule has 4 aliphatic carbocycles. The molecule has 1 aromatic carbocycles. The number of benzene rings is 1. The number of methoxy groups -OCH3 is 1. The highest BCUT2D eigenvalue weighted by Gasteiger charge is 2.87. The van der Waals surface area contributed by atoms with Crippen molar-refractivity contribution in [1.29, 1.82) is 0 Å². The average molecular weight is 797 g/mol. The van der Waals surface area contributed by atoms with Crippen molar-refractivity contribution in [2.45, 2.75) is 174 Å². The summed E-state index contributed by atoms with van der Waals surface area (Å²) in [6, 6.07) is 5.29. The molecule has 1 unspecified atom stereocenters. The van der Waals surface area contributed by atoms with Crippen molar-refractivity contribution in [3.63, 3.8) is 0 Å². The number of hydrogen-bond donors (Lipinski definition) is 4. The topological polar surface area (TPSA) is 160 Å². The second-order valence-electron chi connectivity index (χ2n) is 18.9. The molecule has 4 N–H and O–H groups in total. The summed E-state index contributed by atoms with van der Waals surface area (Å²) in [5.74, 6) is -3.19. The van der Waals surface area contributed by atoms with E-state index in [0.717, 1.165) is 30.6 Å². The summed E-state index contributed by atoms with van der Waals surface area (Å²) in [7, 11) is 1.62. The number of esters is 2. The number of carbonyl (C=O) groups is 3. The predicted octanol–water partition coefficient (Wildman–Crippen LogP) is 8.45. The first-order chi connectivity index (χ1) is 26.7. The van der Waals surface area contributed by atoms with Crippen molar-refractivity contribution >= 4 is 17.7 Å². The van der Waals surface area contributed by atoms with Gasteiger partial charge in [-0.15, -0.1) is 0 Å². The van der Waals surface area contributed by atoms with E-state index >= 15 is 0 Å². The van der Waals surface area contributed by atoms with Crippen molar-refractivity contribution in [3.8, 4) is 11.5 Å². The summed E-state index contributed by atoms with van der Waals surface area (Å²) in [5.41, 5.74) is -3.86. The minimum Gasteiger partial charge on any atom is -0.508 e. The Morgan fingerprint density at radius 3 is 2.04 bits per heavy atom.